The van der Waals surface area contributed by atoms with Crippen molar-refractivity contribution >= 4 is 47.5 Å². The van der Waals surface area contributed by atoms with E-state index in [0.717, 1.165) is 34.6 Å². The normalized spacial score (nSPS) is 18.8. The Morgan fingerprint density at radius 1 is 0.758 bits per heavy atom. The summed E-state index contributed by atoms with van der Waals surface area (Å²) in [5.74, 6) is -3.71. The van der Waals surface area contributed by atoms with E-state index in [4.69, 9.17) is 23.7 Å². The molecule has 1 heterocycles. The highest BCUT2D eigenvalue weighted by molar-refractivity contribution is 8.00. The van der Waals surface area contributed by atoms with E-state index in [1.54, 1.807) is 0 Å². The number of hydrogen-bond donors (Lipinski definition) is 0. The van der Waals surface area contributed by atoms with Crippen LogP contribution in [0.1, 0.15) is 41.5 Å². The smallest absolute Gasteiger partial charge is 0.303 e. The average molecular weight is 492 g/mol. The molecule has 0 aromatic carbocycles. The first kappa shape index (κ1) is 28.2. The monoisotopic (exact) mass is 491 g/mol. The third-order valence-corrected chi connectivity index (χ3v) is 5.58. The topological polar surface area (TPSA) is 152 Å². The van der Waals surface area contributed by atoms with Crippen LogP contribution in [0, 0.1) is 0 Å². The summed E-state index contributed by atoms with van der Waals surface area (Å²) < 4.78 is 26.3. The third-order valence-electron chi connectivity index (χ3n) is 4.30. The molecule has 1 aliphatic rings. The zero-order valence-corrected chi connectivity index (χ0v) is 20.2. The summed E-state index contributed by atoms with van der Waals surface area (Å²) in [7, 11) is 0. The lowest BCUT2D eigenvalue weighted by atomic mass is 10.0. The van der Waals surface area contributed by atoms with Crippen molar-refractivity contribution in [3.63, 3.8) is 0 Å². The molecule has 0 N–H and O–H groups in total. The van der Waals surface area contributed by atoms with E-state index in [1.165, 1.54) is 23.6 Å². The third kappa shape index (κ3) is 9.28. The molecule has 12 nitrogen and oxygen atoms in total. The Morgan fingerprint density at radius 2 is 1.27 bits per heavy atom. The van der Waals surface area contributed by atoms with Crippen LogP contribution in [-0.2, 0) is 52.5 Å². The Labute approximate surface area is 195 Å². The van der Waals surface area contributed by atoms with Crippen LogP contribution in [0.5, 0.6) is 0 Å². The molecule has 0 saturated carbocycles. The maximum absolute atomic E-state index is 12.1. The molecule has 1 aliphatic heterocycles. The van der Waals surface area contributed by atoms with E-state index in [0.29, 0.717) is 12.3 Å². The van der Waals surface area contributed by atoms with Gasteiger partial charge in [0.2, 0.25) is 5.91 Å². The second-order valence-corrected chi connectivity index (χ2v) is 8.37. The second-order valence-electron chi connectivity index (χ2n) is 7.15. The summed E-state index contributed by atoms with van der Waals surface area (Å²) >= 11 is 1.27. The van der Waals surface area contributed by atoms with E-state index in [9.17, 15) is 28.8 Å². The maximum Gasteiger partial charge on any atom is 0.303 e. The standard InChI is InChI=1S/C20H29NO11S/c1-10(22)21-7-8-33-20(21)19(32-15(6)27)18(31-14(5)26)17(30-13(4)25)16(29-12(3)24)9-28-11(2)23/h16-20H,7-9H2,1-6H3/t16-,17-,18-,19+,20-/m1/s1. The van der Waals surface area contributed by atoms with Gasteiger partial charge in [0, 0.05) is 53.8 Å². The Kier molecular flexibility index (Phi) is 11.1. The van der Waals surface area contributed by atoms with Crippen LogP contribution < -0.4 is 0 Å². The zero-order valence-electron chi connectivity index (χ0n) is 19.4. The van der Waals surface area contributed by atoms with Crippen LogP contribution in [0.2, 0.25) is 0 Å². The Bertz CT molecular complexity index is 771. The molecule has 186 valence electrons. The van der Waals surface area contributed by atoms with Gasteiger partial charge in [0.15, 0.2) is 24.4 Å². The number of thioether (sulfide) groups is 1. The summed E-state index contributed by atoms with van der Waals surface area (Å²) in [4.78, 5) is 72.5. The van der Waals surface area contributed by atoms with Gasteiger partial charge in [-0.3, -0.25) is 28.8 Å². The van der Waals surface area contributed by atoms with Gasteiger partial charge in [-0.05, 0) is 0 Å². The number of carbonyl (C=O) groups is 6. The molecule has 33 heavy (non-hydrogen) atoms. The lowest BCUT2D eigenvalue weighted by molar-refractivity contribution is -0.204. The van der Waals surface area contributed by atoms with Crippen molar-refractivity contribution in [2.45, 2.75) is 71.3 Å². The molecule has 0 aromatic rings. The fourth-order valence-electron chi connectivity index (χ4n) is 3.24. The van der Waals surface area contributed by atoms with Gasteiger partial charge in [0.25, 0.3) is 0 Å². The number of nitrogens with zero attached hydrogens (tertiary/aromatic N) is 1. The molecular formula is C20H29NO11S. The predicted octanol–water partition coefficient (Wildman–Crippen LogP) is 0.198. The number of carbonyl (C=O) groups excluding carboxylic acids is 6. The fourth-order valence-corrected chi connectivity index (χ4v) is 4.62. The van der Waals surface area contributed by atoms with Gasteiger partial charge in [-0.2, -0.15) is 0 Å². The molecule has 0 aliphatic carbocycles. The summed E-state index contributed by atoms with van der Waals surface area (Å²) in [6, 6.07) is 0. The molecule has 0 bridgehead atoms. The highest BCUT2D eigenvalue weighted by atomic mass is 32.2. The number of rotatable bonds is 10. The van der Waals surface area contributed by atoms with Crippen molar-refractivity contribution in [3.8, 4) is 0 Å². The van der Waals surface area contributed by atoms with Gasteiger partial charge in [-0.25, -0.2) is 0 Å². The van der Waals surface area contributed by atoms with Crippen LogP contribution in [0.15, 0.2) is 0 Å². The highest BCUT2D eigenvalue weighted by Gasteiger charge is 2.49. The van der Waals surface area contributed by atoms with E-state index in [2.05, 4.69) is 0 Å². The highest BCUT2D eigenvalue weighted by Crippen LogP contribution is 2.33. The molecule has 1 fully saturated rings. The molecular weight excluding hydrogens is 462 g/mol. The van der Waals surface area contributed by atoms with Crippen LogP contribution >= 0.6 is 11.8 Å². The molecule has 0 aromatic heterocycles. The van der Waals surface area contributed by atoms with Crippen molar-refractivity contribution in [2.75, 3.05) is 18.9 Å². The molecule has 1 rings (SSSR count). The predicted molar refractivity (Wildman–Crippen MR) is 112 cm³/mol. The van der Waals surface area contributed by atoms with Crippen LogP contribution in [0.4, 0.5) is 0 Å². The van der Waals surface area contributed by atoms with E-state index >= 15 is 0 Å². The largest absolute Gasteiger partial charge is 0.462 e. The zero-order chi connectivity index (χ0) is 25.3. The van der Waals surface area contributed by atoms with Gasteiger partial charge < -0.3 is 28.6 Å². The summed E-state index contributed by atoms with van der Waals surface area (Å²) in [5.41, 5.74) is 0. The van der Waals surface area contributed by atoms with Gasteiger partial charge >= 0.3 is 29.8 Å². The van der Waals surface area contributed by atoms with Crippen molar-refractivity contribution in [1.29, 1.82) is 0 Å². The molecule has 0 unspecified atom stereocenters. The van der Waals surface area contributed by atoms with Crippen LogP contribution in [-0.4, -0.2) is 89.3 Å². The number of amides is 1. The van der Waals surface area contributed by atoms with Crippen molar-refractivity contribution in [1.82, 2.24) is 4.90 Å². The van der Waals surface area contributed by atoms with E-state index in [1.807, 2.05) is 0 Å². The van der Waals surface area contributed by atoms with Crippen molar-refractivity contribution in [3.05, 3.63) is 0 Å². The van der Waals surface area contributed by atoms with Gasteiger partial charge in [0.1, 0.15) is 12.0 Å². The maximum atomic E-state index is 12.1. The SMILES string of the molecule is CC(=O)OC[C@@H](OC(C)=O)[C@@H](OC(C)=O)[C@@H](OC(C)=O)[C@H](OC(C)=O)[C@H]1SCCN1C(C)=O. The molecule has 1 amide bonds. The summed E-state index contributed by atoms with van der Waals surface area (Å²) in [6.45, 7) is 6.62. The first-order valence-electron chi connectivity index (χ1n) is 10.0. The molecule has 1 saturated heterocycles. The molecule has 0 spiro atoms. The van der Waals surface area contributed by atoms with Crippen molar-refractivity contribution in [2.24, 2.45) is 0 Å². The van der Waals surface area contributed by atoms with Gasteiger partial charge in [-0.15, -0.1) is 11.8 Å². The number of ether oxygens (including phenoxy) is 5. The first-order chi connectivity index (χ1) is 15.3. The average Bonchev–Trinajstić information content (AvgIpc) is 3.15. The molecule has 13 heteroatoms. The van der Waals surface area contributed by atoms with Crippen LogP contribution in [0.3, 0.4) is 0 Å². The number of hydrogen-bond acceptors (Lipinski definition) is 12. The van der Waals surface area contributed by atoms with Crippen molar-refractivity contribution < 1.29 is 52.5 Å². The summed E-state index contributed by atoms with van der Waals surface area (Å²) in [5, 5.41) is -0.791. The first-order valence-corrected chi connectivity index (χ1v) is 11.1. The Hall–Kier alpha value is -2.83. The lowest BCUT2D eigenvalue weighted by Gasteiger charge is -2.39. The minimum absolute atomic E-state index is 0.316. The summed E-state index contributed by atoms with van der Waals surface area (Å²) in [6.07, 6.45) is -5.75. The molecule has 0 radical (unpaired) electrons. The lowest BCUT2D eigenvalue weighted by Crippen LogP contribution is -2.58. The fraction of sp³-hybridized carbons (Fsp3) is 0.700. The van der Waals surface area contributed by atoms with Gasteiger partial charge in [-0.1, -0.05) is 0 Å². The van der Waals surface area contributed by atoms with Crippen LogP contribution in [0.25, 0.3) is 0 Å². The Morgan fingerprint density at radius 3 is 1.73 bits per heavy atom. The Balaban J connectivity index is 3.55. The number of esters is 5. The second kappa shape index (κ2) is 13.0. The van der Waals surface area contributed by atoms with E-state index in [-0.39, 0.29) is 5.91 Å². The minimum Gasteiger partial charge on any atom is -0.462 e. The molecule has 5 atom stereocenters. The van der Waals surface area contributed by atoms with Gasteiger partial charge in [0.05, 0.1) is 0 Å². The quantitative estimate of drug-likeness (QED) is 0.303. The minimum atomic E-state index is -1.53. The van der Waals surface area contributed by atoms with E-state index < -0.39 is 66.2 Å².